The third-order valence-corrected chi connectivity index (χ3v) is 6.61. The van der Waals surface area contributed by atoms with Crippen molar-refractivity contribution in [1.82, 2.24) is 30.0 Å². The summed E-state index contributed by atoms with van der Waals surface area (Å²) in [6.07, 6.45) is 0. The average Bonchev–Trinajstić information content (AvgIpc) is 3.30. The van der Waals surface area contributed by atoms with Gasteiger partial charge in [-0.15, -0.1) is 20.4 Å². The normalized spacial score (nSPS) is 11.3. The zero-order chi connectivity index (χ0) is 18.1. The van der Waals surface area contributed by atoms with Crippen molar-refractivity contribution in [2.75, 3.05) is 0 Å². The standard InChI is InChI=1S/C16H16N6OS3/c1-9-4-5-12(6-10(9)2)23-7-14-21-22-13(18-19-15(22)26-14)8-24-16-20-17-11(3)25-16/h4-6H,7-8H2,1-3H3. The Balaban J connectivity index is 1.44. The van der Waals surface area contributed by atoms with Crippen LogP contribution in [-0.4, -0.2) is 30.0 Å². The van der Waals surface area contributed by atoms with Crippen LogP contribution in [0.25, 0.3) is 4.96 Å². The monoisotopic (exact) mass is 404 g/mol. The van der Waals surface area contributed by atoms with Crippen LogP contribution in [0.1, 0.15) is 27.0 Å². The van der Waals surface area contributed by atoms with Crippen molar-refractivity contribution >= 4 is 39.4 Å². The van der Waals surface area contributed by atoms with Crippen molar-refractivity contribution in [2.24, 2.45) is 0 Å². The summed E-state index contributed by atoms with van der Waals surface area (Å²) in [6, 6.07) is 6.09. The van der Waals surface area contributed by atoms with Gasteiger partial charge in [-0.25, -0.2) is 0 Å². The summed E-state index contributed by atoms with van der Waals surface area (Å²) < 4.78 is 8.57. The van der Waals surface area contributed by atoms with Crippen molar-refractivity contribution < 1.29 is 4.74 Å². The van der Waals surface area contributed by atoms with Gasteiger partial charge in [0, 0.05) is 0 Å². The molecule has 0 saturated heterocycles. The Morgan fingerprint density at radius 1 is 1.04 bits per heavy atom. The Hall–Kier alpha value is -2.04. The number of rotatable bonds is 6. The Morgan fingerprint density at radius 3 is 2.69 bits per heavy atom. The van der Waals surface area contributed by atoms with Gasteiger partial charge in [-0.05, 0) is 44.0 Å². The summed E-state index contributed by atoms with van der Waals surface area (Å²) in [6.45, 7) is 6.53. The van der Waals surface area contributed by atoms with Crippen molar-refractivity contribution in [2.45, 2.75) is 37.5 Å². The molecule has 4 aromatic rings. The van der Waals surface area contributed by atoms with Gasteiger partial charge in [-0.2, -0.15) is 9.61 Å². The van der Waals surface area contributed by atoms with E-state index in [-0.39, 0.29) is 0 Å². The predicted molar refractivity (Wildman–Crippen MR) is 103 cm³/mol. The highest BCUT2D eigenvalue weighted by Crippen LogP contribution is 2.26. The van der Waals surface area contributed by atoms with Gasteiger partial charge in [-0.1, -0.05) is 40.5 Å². The Labute approximate surface area is 162 Å². The molecule has 0 saturated carbocycles. The van der Waals surface area contributed by atoms with Crippen molar-refractivity contribution in [3.8, 4) is 5.75 Å². The van der Waals surface area contributed by atoms with E-state index in [1.54, 1.807) is 27.6 Å². The summed E-state index contributed by atoms with van der Waals surface area (Å²) >= 11 is 4.65. The van der Waals surface area contributed by atoms with E-state index < -0.39 is 0 Å². The molecule has 3 heterocycles. The first kappa shape index (κ1) is 17.4. The Bertz CT molecular complexity index is 1050. The number of fused-ring (bicyclic) bond motifs is 1. The smallest absolute Gasteiger partial charge is 0.234 e. The minimum atomic E-state index is 0.415. The van der Waals surface area contributed by atoms with Crippen molar-refractivity contribution in [3.05, 3.63) is 45.2 Å². The molecule has 0 fully saturated rings. The van der Waals surface area contributed by atoms with Crippen LogP contribution in [0.4, 0.5) is 0 Å². The lowest BCUT2D eigenvalue weighted by Gasteiger charge is -2.06. The molecule has 0 aliphatic carbocycles. The third-order valence-electron chi connectivity index (χ3n) is 3.77. The fourth-order valence-corrected chi connectivity index (χ4v) is 4.74. The summed E-state index contributed by atoms with van der Waals surface area (Å²) in [7, 11) is 0. The lowest BCUT2D eigenvalue weighted by molar-refractivity contribution is 0.303. The van der Waals surface area contributed by atoms with Crippen LogP contribution in [0.5, 0.6) is 5.75 Å². The molecular weight excluding hydrogens is 388 g/mol. The molecule has 4 rings (SSSR count). The fourth-order valence-electron chi connectivity index (χ4n) is 2.26. The number of thioether (sulfide) groups is 1. The largest absolute Gasteiger partial charge is 0.486 e. The summed E-state index contributed by atoms with van der Waals surface area (Å²) in [5.41, 5.74) is 2.47. The molecule has 0 radical (unpaired) electrons. The zero-order valence-electron chi connectivity index (χ0n) is 14.5. The van der Waals surface area contributed by atoms with Gasteiger partial charge in [0.1, 0.15) is 17.4 Å². The molecule has 0 atom stereocenters. The maximum atomic E-state index is 5.86. The van der Waals surface area contributed by atoms with Crippen LogP contribution in [0.15, 0.2) is 22.5 Å². The van der Waals surface area contributed by atoms with E-state index in [1.807, 2.05) is 19.1 Å². The topological polar surface area (TPSA) is 78.1 Å². The second-order valence-corrected chi connectivity index (χ2v) is 9.16. The minimum absolute atomic E-state index is 0.415. The zero-order valence-corrected chi connectivity index (χ0v) is 16.9. The van der Waals surface area contributed by atoms with E-state index in [0.29, 0.717) is 12.4 Å². The van der Waals surface area contributed by atoms with Crippen molar-refractivity contribution in [1.29, 1.82) is 0 Å². The summed E-state index contributed by atoms with van der Waals surface area (Å²) in [4.78, 5) is 0.771. The molecule has 3 aromatic heterocycles. The van der Waals surface area contributed by atoms with Gasteiger partial charge in [0.05, 0.1) is 5.75 Å². The number of aromatic nitrogens is 6. The van der Waals surface area contributed by atoms with E-state index in [9.17, 15) is 0 Å². The first-order chi connectivity index (χ1) is 12.6. The Morgan fingerprint density at radius 2 is 1.92 bits per heavy atom. The molecule has 0 aliphatic heterocycles. The van der Waals surface area contributed by atoms with Gasteiger partial charge >= 0.3 is 0 Å². The van der Waals surface area contributed by atoms with Crippen LogP contribution in [-0.2, 0) is 12.4 Å². The number of hydrogen-bond acceptors (Lipinski definition) is 9. The fraction of sp³-hybridized carbons (Fsp3) is 0.312. The van der Waals surface area contributed by atoms with E-state index in [0.717, 1.165) is 30.9 Å². The summed E-state index contributed by atoms with van der Waals surface area (Å²) in [5.74, 6) is 2.30. The molecule has 134 valence electrons. The van der Waals surface area contributed by atoms with Gasteiger partial charge in [-0.3, -0.25) is 0 Å². The second-order valence-electron chi connectivity index (χ2n) is 5.72. The van der Waals surface area contributed by atoms with Gasteiger partial charge in [0.2, 0.25) is 4.96 Å². The number of hydrogen-bond donors (Lipinski definition) is 0. The number of nitrogens with zero attached hydrogens (tertiary/aromatic N) is 6. The number of ether oxygens (including phenoxy) is 1. The molecule has 0 bridgehead atoms. The van der Waals surface area contributed by atoms with Gasteiger partial charge < -0.3 is 4.74 Å². The number of aryl methyl sites for hydroxylation is 3. The Kier molecular flexibility index (Phi) is 4.88. The highest BCUT2D eigenvalue weighted by atomic mass is 32.2. The molecule has 0 aliphatic rings. The molecule has 0 spiro atoms. The molecule has 0 unspecified atom stereocenters. The third kappa shape index (κ3) is 3.71. The van der Waals surface area contributed by atoms with Crippen molar-refractivity contribution in [3.63, 3.8) is 0 Å². The minimum Gasteiger partial charge on any atom is -0.486 e. The molecule has 26 heavy (non-hydrogen) atoms. The molecule has 0 N–H and O–H groups in total. The summed E-state index contributed by atoms with van der Waals surface area (Å²) in [5, 5.41) is 23.0. The highest BCUT2D eigenvalue weighted by molar-refractivity contribution is 8.00. The lowest BCUT2D eigenvalue weighted by atomic mass is 10.1. The van der Waals surface area contributed by atoms with E-state index in [1.165, 1.54) is 22.5 Å². The molecule has 1 aromatic carbocycles. The maximum absolute atomic E-state index is 5.86. The van der Waals surface area contributed by atoms with Crippen LogP contribution >= 0.6 is 34.4 Å². The first-order valence-corrected chi connectivity index (χ1v) is 10.5. The van der Waals surface area contributed by atoms with E-state index >= 15 is 0 Å². The second kappa shape index (κ2) is 7.29. The molecule has 10 heteroatoms. The van der Waals surface area contributed by atoms with E-state index in [2.05, 4.69) is 45.4 Å². The quantitative estimate of drug-likeness (QED) is 0.452. The van der Waals surface area contributed by atoms with Crippen LogP contribution in [0.3, 0.4) is 0 Å². The molecule has 0 amide bonds. The van der Waals surface area contributed by atoms with Crippen LogP contribution in [0, 0.1) is 20.8 Å². The van der Waals surface area contributed by atoms with E-state index in [4.69, 9.17) is 4.74 Å². The average molecular weight is 405 g/mol. The highest BCUT2D eigenvalue weighted by Gasteiger charge is 2.13. The predicted octanol–water partition coefficient (Wildman–Crippen LogP) is 3.83. The van der Waals surface area contributed by atoms with Crippen LogP contribution in [0.2, 0.25) is 0 Å². The van der Waals surface area contributed by atoms with Gasteiger partial charge in [0.15, 0.2) is 15.2 Å². The lowest BCUT2D eigenvalue weighted by Crippen LogP contribution is -1.99. The molecule has 7 nitrogen and oxygen atoms in total. The number of benzene rings is 1. The maximum Gasteiger partial charge on any atom is 0.234 e. The first-order valence-electron chi connectivity index (χ1n) is 7.91. The van der Waals surface area contributed by atoms with Gasteiger partial charge in [0.25, 0.3) is 0 Å². The van der Waals surface area contributed by atoms with Crippen LogP contribution < -0.4 is 4.74 Å². The SMILES string of the molecule is Cc1nnc(SCc2nnc3sc(COc4ccc(C)c(C)c4)nn23)s1. The molecular formula is C16H16N6OS3.